The van der Waals surface area contributed by atoms with E-state index in [4.69, 9.17) is 0 Å². The lowest BCUT2D eigenvalue weighted by Crippen LogP contribution is -2.17. The molecule has 0 aliphatic rings. The van der Waals surface area contributed by atoms with E-state index in [0.29, 0.717) is 6.04 Å². The van der Waals surface area contributed by atoms with Crippen LogP contribution in [0.4, 0.5) is 0 Å². The highest BCUT2D eigenvalue weighted by Gasteiger charge is 2.07. The number of thiophene rings is 2. The van der Waals surface area contributed by atoms with Gasteiger partial charge >= 0.3 is 0 Å². The van der Waals surface area contributed by atoms with Gasteiger partial charge in [-0.3, -0.25) is 4.98 Å². The molecule has 0 amide bonds. The van der Waals surface area contributed by atoms with Gasteiger partial charge in [0.15, 0.2) is 0 Å². The number of hydrogen-bond donors (Lipinski definition) is 1. The number of nitrogens with one attached hydrogen (secondary N) is 1. The first kappa shape index (κ1) is 11.8. The van der Waals surface area contributed by atoms with Crippen LogP contribution in [0.25, 0.3) is 10.2 Å². The predicted octanol–water partition coefficient (Wildman–Crippen LogP) is 4.21. The average molecular weight is 274 g/mol. The van der Waals surface area contributed by atoms with Gasteiger partial charge in [-0.2, -0.15) is 11.3 Å². The monoisotopic (exact) mass is 274 g/mol. The third-order valence-electron chi connectivity index (χ3n) is 3.02. The van der Waals surface area contributed by atoms with E-state index < -0.39 is 0 Å². The van der Waals surface area contributed by atoms with Crippen LogP contribution in [0.15, 0.2) is 40.5 Å². The van der Waals surface area contributed by atoms with Crippen LogP contribution in [0.2, 0.25) is 0 Å². The predicted molar refractivity (Wildman–Crippen MR) is 79.2 cm³/mol. The van der Waals surface area contributed by atoms with Gasteiger partial charge in [0.05, 0.1) is 10.2 Å². The molecule has 0 bridgehead atoms. The highest BCUT2D eigenvalue weighted by Crippen LogP contribution is 2.22. The van der Waals surface area contributed by atoms with Crippen LogP contribution in [0.5, 0.6) is 0 Å². The van der Waals surface area contributed by atoms with Crippen molar-refractivity contribution < 1.29 is 0 Å². The van der Waals surface area contributed by atoms with Crippen molar-refractivity contribution >= 4 is 32.9 Å². The summed E-state index contributed by atoms with van der Waals surface area (Å²) in [7, 11) is 0. The van der Waals surface area contributed by atoms with E-state index in [1.807, 2.05) is 6.20 Å². The van der Waals surface area contributed by atoms with Crippen molar-refractivity contribution in [2.75, 3.05) is 0 Å². The van der Waals surface area contributed by atoms with Gasteiger partial charge in [0, 0.05) is 18.8 Å². The fourth-order valence-corrected chi connectivity index (χ4v) is 3.34. The Hall–Kier alpha value is -1.23. The van der Waals surface area contributed by atoms with E-state index in [9.17, 15) is 0 Å². The Bertz CT molecular complexity index is 628. The van der Waals surface area contributed by atoms with Gasteiger partial charge in [-0.25, -0.2) is 0 Å². The molecule has 0 spiro atoms. The second-order valence-corrected chi connectivity index (χ2v) is 6.03. The molecular weight excluding hydrogens is 260 g/mol. The average Bonchev–Trinajstić information content (AvgIpc) is 3.05. The molecule has 1 unspecified atom stereocenters. The van der Waals surface area contributed by atoms with Crippen molar-refractivity contribution in [3.63, 3.8) is 0 Å². The molecule has 0 aliphatic heterocycles. The minimum atomic E-state index is 0.323. The van der Waals surface area contributed by atoms with Crippen LogP contribution in [0.1, 0.15) is 24.1 Å². The Morgan fingerprint density at radius 2 is 2.28 bits per heavy atom. The van der Waals surface area contributed by atoms with Crippen LogP contribution in [-0.4, -0.2) is 4.98 Å². The van der Waals surface area contributed by atoms with Gasteiger partial charge in [0.25, 0.3) is 0 Å². The van der Waals surface area contributed by atoms with Gasteiger partial charge in [-0.1, -0.05) is 0 Å². The Kier molecular flexibility index (Phi) is 3.41. The van der Waals surface area contributed by atoms with Crippen molar-refractivity contribution in [2.45, 2.75) is 19.5 Å². The zero-order chi connectivity index (χ0) is 12.4. The van der Waals surface area contributed by atoms with E-state index in [1.165, 1.54) is 15.8 Å². The number of fused-ring (bicyclic) bond motifs is 1. The highest BCUT2D eigenvalue weighted by atomic mass is 32.1. The summed E-state index contributed by atoms with van der Waals surface area (Å²) in [6.45, 7) is 3.09. The fourth-order valence-electron chi connectivity index (χ4n) is 1.88. The quantitative estimate of drug-likeness (QED) is 0.771. The molecule has 1 atom stereocenters. The Labute approximate surface area is 114 Å². The molecule has 0 aromatic carbocycles. The second kappa shape index (κ2) is 5.18. The van der Waals surface area contributed by atoms with Gasteiger partial charge in [-0.05, 0) is 52.4 Å². The molecule has 3 rings (SSSR count). The van der Waals surface area contributed by atoms with Crippen LogP contribution < -0.4 is 5.32 Å². The van der Waals surface area contributed by atoms with Gasteiger partial charge in [-0.15, -0.1) is 11.3 Å². The summed E-state index contributed by atoms with van der Waals surface area (Å²) < 4.78 is 1.26. The molecule has 0 radical (unpaired) electrons. The van der Waals surface area contributed by atoms with E-state index in [-0.39, 0.29) is 0 Å². The standard InChI is InChI=1S/C14H14N2S2/c1-10(15-7-11-2-4-17-9-11)12-6-14-13(16-8-12)3-5-18-14/h2-6,8-10,15H,7H2,1H3. The molecule has 0 saturated carbocycles. The van der Waals surface area contributed by atoms with Crippen molar-refractivity contribution in [3.8, 4) is 0 Å². The molecule has 18 heavy (non-hydrogen) atoms. The Morgan fingerprint density at radius 3 is 3.11 bits per heavy atom. The molecule has 3 heterocycles. The molecule has 92 valence electrons. The summed E-state index contributed by atoms with van der Waals surface area (Å²) in [4.78, 5) is 4.48. The summed E-state index contributed by atoms with van der Waals surface area (Å²) in [6.07, 6.45) is 1.97. The summed E-state index contributed by atoms with van der Waals surface area (Å²) in [5.41, 5.74) is 3.69. The van der Waals surface area contributed by atoms with Gasteiger partial charge in [0.2, 0.25) is 0 Å². The lowest BCUT2D eigenvalue weighted by Gasteiger charge is -2.13. The zero-order valence-electron chi connectivity index (χ0n) is 10.1. The molecule has 3 aromatic rings. The van der Waals surface area contributed by atoms with Crippen LogP contribution in [0.3, 0.4) is 0 Å². The zero-order valence-corrected chi connectivity index (χ0v) is 11.7. The maximum atomic E-state index is 4.48. The molecule has 0 fully saturated rings. The van der Waals surface area contributed by atoms with Crippen LogP contribution in [-0.2, 0) is 6.54 Å². The van der Waals surface area contributed by atoms with Crippen molar-refractivity contribution in [1.82, 2.24) is 10.3 Å². The first-order valence-corrected chi connectivity index (χ1v) is 7.73. The number of rotatable bonds is 4. The Morgan fingerprint density at radius 1 is 1.33 bits per heavy atom. The molecule has 1 N–H and O–H groups in total. The number of pyridine rings is 1. The van der Waals surface area contributed by atoms with Gasteiger partial charge < -0.3 is 5.32 Å². The van der Waals surface area contributed by atoms with Crippen LogP contribution >= 0.6 is 22.7 Å². The van der Waals surface area contributed by atoms with Crippen LogP contribution in [0, 0.1) is 0 Å². The van der Waals surface area contributed by atoms with Crippen molar-refractivity contribution in [2.24, 2.45) is 0 Å². The van der Waals surface area contributed by atoms with E-state index in [0.717, 1.165) is 12.1 Å². The SMILES string of the molecule is CC(NCc1ccsc1)c1cnc2ccsc2c1. The number of hydrogen-bond acceptors (Lipinski definition) is 4. The second-order valence-electron chi connectivity index (χ2n) is 4.31. The smallest absolute Gasteiger partial charge is 0.0809 e. The fraction of sp³-hybridized carbons (Fsp3) is 0.214. The van der Waals surface area contributed by atoms with Crippen molar-refractivity contribution in [3.05, 3.63) is 51.7 Å². The molecule has 3 aromatic heterocycles. The summed E-state index contributed by atoms with van der Waals surface area (Å²) in [5.74, 6) is 0. The molecule has 0 saturated heterocycles. The first-order valence-electron chi connectivity index (χ1n) is 5.90. The third kappa shape index (κ3) is 2.46. The highest BCUT2D eigenvalue weighted by molar-refractivity contribution is 7.17. The summed E-state index contributed by atoms with van der Waals surface area (Å²) >= 11 is 3.49. The lowest BCUT2D eigenvalue weighted by atomic mass is 10.1. The van der Waals surface area contributed by atoms with E-state index in [1.54, 1.807) is 22.7 Å². The van der Waals surface area contributed by atoms with E-state index >= 15 is 0 Å². The van der Waals surface area contributed by atoms with Gasteiger partial charge in [0.1, 0.15) is 0 Å². The first-order chi connectivity index (χ1) is 8.83. The summed E-state index contributed by atoms with van der Waals surface area (Å²) in [5, 5.41) is 9.91. The maximum Gasteiger partial charge on any atom is 0.0809 e. The molecule has 4 heteroatoms. The third-order valence-corrected chi connectivity index (χ3v) is 4.60. The molecule has 2 nitrogen and oxygen atoms in total. The minimum Gasteiger partial charge on any atom is -0.306 e. The minimum absolute atomic E-state index is 0.323. The molecular formula is C14H14N2S2. The Balaban J connectivity index is 1.72. The lowest BCUT2D eigenvalue weighted by molar-refractivity contribution is 0.574. The largest absolute Gasteiger partial charge is 0.306 e. The maximum absolute atomic E-state index is 4.48. The normalized spacial score (nSPS) is 12.9. The molecule has 0 aliphatic carbocycles. The summed E-state index contributed by atoms with van der Waals surface area (Å²) in [6, 6.07) is 6.78. The number of nitrogens with zero attached hydrogens (tertiary/aromatic N) is 1. The number of aromatic nitrogens is 1. The van der Waals surface area contributed by atoms with E-state index in [2.05, 4.69) is 51.6 Å². The van der Waals surface area contributed by atoms with Crippen molar-refractivity contribution in [1.29, 1.82) is 0 Å². The topological polar surface area (TPSA) is 24.9 Å².